The van der Waals surface area contributed by atoms with E-state index in [0.717, 1.165) is 0 Å². The molecule has 0 aromatic carbocycles. The molecule has 0 aliphatic carbocycles. The first-order valence-electron chi connectivity index (χ1n) is 4.89. The molecule has 0 aliphatic heterocycles. The molecule has 3 rings (SSSR count). The zero-order chi connectivity index (χ0) is 11.7. The molecule has 0 saturated carbocycles. The van der Waals surface area contributed by atoms with Gasteiger partial charge < -0.3 is 13.9 Å². The van der Waals surface area contributed by atoms with Crippen molar-refractivity contribution in [3.63, 3.8) is 0 Å². The van der Waals surface area contributed by atoms with Crippen LogP contribution < -0.4 is 5.56 Å². The Labute approximate surface area is 94.9 Å². The molecule has 0 saturated heterocycles. The zero-order valence-electron chi connectivity index (χ0n) is 8.58. The lowest BCUT2D eigenvalue weighted by molar-refractivity contribution is 0.431. The van der Waals surface area contributed by atoms with Crippen molar-refractivity contribution in [2.24, 2.45) is 0 Å². The minimum absolute atomic E-state index is 0.253. The SMILES string of the molecule is O=c1[nH]cccc1-c1noc(-c2ccoc2)n1. The van der Waals surface area contributed by atoms with E-state index >= 15 is 0 Å². The summed E-state index contributed by atoms with van der Waals surface area (Å²) in [5.74, 6) is 0.569. The Bertz CT molecular complexity index is 682. The standard InChI is InChI=1S/C11H7N3O3/c15-10-8(2-1-4-12-10)9-13-11(17-14-9)7-3-5-16-6-7/h1-6H,(H,12,15). The lowest BCUT2D eigenvalue weighted by Gasteiger charge is -1.89. The molecule has 17 heavy (non-hydrogen) atoms. The van der Waals surface area contributed by atoms with Crippen LogP contribution in [0.4, 0.5) is 0 Å². The second-order valence-corrected chi connectivity index (χ2v) is 3.35. The molecule has 6 heteroatoms. The van der Waals surface area contributed by atoms with Crippen LogP contribution in [0.3, 0.4) is 0 Å². The maximum absolute atomic E-state index is 11.5. The first kappa shape index (κ1) is 9.59. The highest BCUT2D eigenvalue weighted by atomic mass is 16.5. The van der Waals surface area contributed by atoms with E-state index in [4.69, 9.17) is 8.94 Å². The quantitative estimate of drug-likeness (QED) is 0.722. The van der Waals surface area contributed by atoms with Crippen molar-refractivity contribution in [1.82, 2.24) is 15.1 Å². The average Bonchev–Trinajstić information content (AvgIpc) is 3.00. The second-order valence-electron chi connectivity index (χ2n) is 3.35. The fourth-order valence-electron chi connectivity index (χ4n) is 1.43. The molecule has 0 radical (unpaired) electrons. The first-order valence-corrected chi connectivity index (χ1v) is 4.89. The summed E-state index contributed by atoms with van der Waals surface area (Å²) in [6, 6.07) is 5.03. The number of H-pyrrole nitrogens is 1. The van der Waals surface area contributed by atoms with Gasteiger partial charge in [0.1, 0.15) is 6.26 Å². The van der Waals surface area contributed by atoms with Gasteiger partial charge in [0.15, 0.2) is 0 Å². The smallest absolute Gasteiger partial charge is 0.261 e. The summed E-state index contributed by atoms with van der Waals surface area (Å²) in [5, 5.41) is 3.76. The molecule has 6 nitrogen and oxygen atoms in total. The Balaban J connectivity index is 2.07. The van der Waals surface area contributed by atoms with Crippen molar-refractivity contribution in [1.29, 1.82) is 0 Å². The zero-order valence-corrected chi connectivity index (χ0v) is 8.58. The van der Waals surface area contributed by atoms with Crippen molar-refractivity contribution in [2.75, 3.05) is 0 Å². The van der Waals surface area contributed by atoms with Crippen LogP contribution in [0.25, 0.3) is 22.8 Å². The van der Waals surface area contributed by atoms with Gasteiger partial charge in [-0.05, 0) is 18.2 Å². The molecule has 0 fully saturated rings. The highest BCUT2D eigenvalue weighted by Crippen LogP contribution is 2.20. The Hall–Kier alpha value is -2.63. The molecule has 3 aromatic rings. The van der Waals surface area contributed by atoms with Crippen LogP contribution in [0.1, 0.15) is 0 Å². The van der Waals surface area contributed by atoms with Gasteiger partial charge in [-0.2, -0.15) is 4.98 Å². The predicted octanol–water partition coefficient (Wildman–Crippen LogP) is 1.68. The van der Waals surface area contributed by atoms with Gasteiger partial charge in [0, 0.05) is 6.20 Å². The number of rotatable bonds is 2. The van der Waals surface area contributed by atoms with E-state index in [1.54, 1.807) is 24.4 Å². The summed E-state index contributed by atoms with van der Waals surface area (Å²) in [4.78, 5) is 18.2. The van der Waals surface area contributed by atoms with Gasteiger partial charge >= 0.3 is 0 Å². The Morgan fingerprint density at radius 2 is 2.24 bits per heavy atom. The van der Waals surface area contributed by atoms with Crippen molar-refractivity contribution in [2.45, 2.75) is 0 Å². The van der Waals surface area contributed by atoms with Gasteiger partial charge in [-0.3, -0.25) is 4.79 Å². The molecule has 0 bridgehead atoms. The third-order valence-electron chi connectivity index (χ3n) is 2.25. The largest absolute Gasteiger partial charge is 0.472 e. The van der Waals surface area contributed by atoms with E-state index in [1.165, 1.54) is 12.5 Å². The molecule has 3 aromatic heterocycles. The van der Waals surface area contributed by atoms with E-state index in [2.05, 4.69) is 15.1 Å². The minimum atomic E-state index is -0.257. The number of aromatic amines is 1. The lowest BCUT2D eigenvalue weighted by Crippen LogP contribution is -2.07. The monoisotopic (exact) mass is 229 g/mol. The van der Waals surface area contributed by atoms with Crippen LogP contribution in [0.2, 0.25) is 0 Å². The van der Waals surface area contributed by atoms with Crippen LogP contribution in [0, 0.1) is 0 Å². The molecular formula is C11H7N3O3. The lowest BCUT2D eigenvalue weighted by atomic mass is 10.2. The average molecular weight is 229 g/mol. The molecule has 0 unspecified atom stereocenters. The molecule has 0 amide bonds. The number of nitrogens with zero attached hydrogens (tertiary/aromatic N) is 2. The van der Waals surface area contributed by atoms with Crippen LogP contribution in [0.15, 0.2) is 50.7 Å². The molecule has 1 N–H and O–H groups in total. The summed E-state index contributed by atoms with van der Waals surface area (Å²) in [6.07, 6.45) is 4.55. The van der Waals surface area contributed by atoms with Gasteiger partial charge in [-0.15, -0.1) is 0 Å². The van der Waals surface area contributed by atoms with Gasteiger partial charge in [-0.25, -0.2) is 0 Å². The maximum atomic E-state index is 11.5. The van der Waals surface area contributed by atoms with E-state index in [-0.39, 0.29) is 11.4 Å². The molecule has 0 aliphatic rings. The topological polar surface area (TPSA) is 84.9 Å². The van der Waals surface area contributed by atoms with Crippen LogP contribution in [0.5, 0.6) is 0 Å². The number of furan rings is 1. The predicted molar refractivity (Wildman–Crippen MR) is 58.1 cm³/mol. The molecule has 0 spiro atoms. The molecule has 0 atom stereocenters. The minimum Gasteiger partial charge on any atom is -0.472 e. The fourth-order valence-corrected chi connectivity index (χ4v) is 1.43. The fraction of sp³-hybridized carbons (Fsp3) is 0. The van der Waals surface area contributed by atoms with E-state index in [9.17, 15) is 4.79 Å². The van der Waals surface area contributed by atoms with Gasteiger partial charge in [0.2, 0.25) is 5.82 Å². The van der Waals surface area contributed by atoms with Crippen LogP contribution in [-0.2, 0) is 0 Å². The number of nitrogens with one attached hydrogen (secondary N) is 1. The maximum Gasteiger partial charge on any atom is 0.261 e. The van der Waals surface area contributed by atoms with Gasteiger partial charge in [-0.1, -0.05) is 5.16 Å². The highest BCUT2D eigenvalue weighted by Gasteiger charge is 2.13. The Morgan fingerprint density at radius 3 is 3.00 bits per heavy atom. The number of pyridine rings is 1. The highest BCUT2D eigenvalue weighted by molar-refractivity contribution is 5.57. The normalized spacial score (nSPS) is 10.6. The Kier molecular flexibility index (Phi) is 2.11. The van der Waals surface area contributed by atoms with Crippen LogP contribution >= 0.6 is 0 Å². The van der Waals surface area contributed by atoms with E-state index in [1.807, 2.05) is 0 Å². The van der Waals surface area contributed by atoms with Crippen molar-refractivity contribution >= 4 is 0 Å². The summed E-state index contributed by atoms with van der Waals surface area (Å²) in [6.45, 7) is 0. The second kappa shape index (κ2) is 3.75. The van der Waals surface area contributed by atoms with Gasteiger partial charge in [0.25, 0.3) is 11.4 Å². The van der Waals surface area contributed by atoms with Crippen molar-refractivity contribution in [3.8, 4) is 22.8 Å². The summed E-state index contributed by atoms with van der Waals surface area (Å²) < 4.78 is 9.96. The number of hydrogen-bond acceptors (Lipinski definition) is 5. The van der Waals surface area contributed by atoms with E-state index < -0.39 is 0 Å². The summed E-state index contributed by atoms with van der Waals surface area (Å²) >= 11 is 0. The van der Waals surface area contributed by atoms with Crippen molar-refractivity contribution in [3.05, 3.63) is 47.3 Å². The third kappa shape index (κ3) is 1.65. The number of aromatic nitrogens is 3. The van der Waals surface area contributed by atoms with Crippen LogP contribution in [-0.4, -0.2) is 15.1 Å². The van der Waals surface area contributed by atoms with E-state index in [0.29, 0.717) is 17.0 Å². The van der Waals surface area contributed by atoms with Gasteiger partial charge in [0.05, 0.1) is 17.4 Å². The molecule has 84 valence electrons. The summed E-state index contributed by atoms with van der Waals surface area (Å²) in [5.41, 5.74) is 0.786. The first-order chi connectivity index (χ1) is 8.34. The molecular weight excluding hydrogens is 222 g/mol. The summed E-state index contributed by atoms with van der Waals surface area (Å²) in [7, 11) is 0. The molecule has 3 heterocycles. The third-order valence-corrected chi connectivity index (χ3v) is 2.25. The Morgan fingerprint density at radius 1 is 1.29 bits per heavy atom. The number of hydrogen-bond donors (Lipinski definition) is 1. The van der Waals surface area contributed by atoms with Crippen molar-refractivity contribution < 1.29 is 8.94 Å².